The number of amides is 2. The number of imide groups is 1. The van der Waals surface area contributed by atoms with Gasteiger partial charge in [0.2, 0.25) is 0 Å². The molecule has 0 atom stereocenters. The number of carbonyl (C=O) groups excluding carboxylic acids is 2. The van der Waals surface area contributed by atoms with E-state index >= 15 is 0 Å². The van der Waals surface area contributed by atoms with Gasteiger partial charge in [-0.05, 0) is 41.8 Å². The van der Waals surface area contributed by atoms with Gasteiger partial charge in [0.25, 0.3) is 11.1 Å². The van der Waals surface area contributed by atoms with Gasteiger partial charge in [-0.25, -0.2) is 4.98 Å². The molecule has 1 saturated heterocycles. The predicted octanol–water partition coefficient (Wildman–Crippen LogP) is 3.68. The van der Waals surface area contributed by atoms with Crippen molar-refractivity contribution in [3.05, 3.63) is 47.1 Å². The third-order valence-electron chi connectivity index (χ3n) is 4.31. The number of anilines is 1. The number of hydrogen-bond donors (Lipinski definition) is 2. The summed E-state index contributed by atoms with van der Waals surface area (Å²) in [6.07, 6.45) is 9.02. The Morgan fingerprint density at radius 3 is 2.92 bits per heavy atom. The molecule has 7 heteroatoms. The minimum Gasteiger partial charge on any atom is -0.369 e. The summed E-state index contributed by atoms with van der Waals surface area (Å²) < 4.78 is 0. The molecule has 2 aromatic rings. The molecule has 0 unspecified atom stereocenters. The molecule has 1 aromatic carbocycles. The van der Waals surface area contributed by atoms with Crippen LogP contribution in [0.1, 0.15) is 24.8 Å². The molecule has 26 heavy (non-hydrogen) atoms. The number of aromatic nitrogens is 2. The van der Waals surface area contributed by atoms with Crippen molar-refractivity contribution in [2.24, 2.45) is 5.92 Å². The smallest absolute Gasteiger partial charge is 0.290 e. The van der Waals surface area contributed by atoms with E-state index < -0.39 is 0 Å². The Labute approximate surface area is 155 Å². The van der Waals surface area contributed by atoms with Crippen molar-refractivity contribution in [3.63, 3.8) is 0 Å². The monoisotopic (exact) mass is 366 g/mol. The fraction of sp³-hybridized carbons (Fsp3) is 0.263. The summed E-state index contributed by atoms with van der Waals surface area (Å²) in [6, 6.07) is 7.67. The zero-order chi connectivity index (χ0) is 17.9. The summed E-state index contributed by atoms with van der Waals surface area (Å²) in [5, 5.41) is 5.25. The maximum absolute atomic E-state index is 11.7. The highest BCUT2D eigenvalue weighted by atomic mass is 32.2. The molecule has 1 aromatic heterocycles. The maximum atomic E-state index is 11.7. The van der Waals surface area contributed by atoms with Crippen LogP contribution in [0.25, 0.3) is 17.3 Å². The third kappa shape index (κ3) is 4.11. The van der Waals surface area contributed by atoms with E-state index in [2.05, 4.69) is 20.6 Å². The molecule has 2 fully saturated rings. The predicted molar refractivity (Wildman–Crippen MR) is 102 cm³/mol. The van der Waals surface area contributed by atoms with Crippen LogP contribution < -0.4 is 10.6 Å². The van der Waals surface area contributed by atoms with Gasteiger partial charge in [0.1, 0.15) is 5.82 Å². The minimum absolute atomic E-state index is 0.340. The average Bonchev–Trinajstić information content (AvgIpc) is 3.40. The van der Waals surface area contributed by atoms with Gasteiger partial charge in [-0.2, -0.15) is 0 Å². The van der Waals surface area contributed by atoms with Crippen LogP contribution in [0.2, 0.25) is 0 Å². The van der Waals surface area contributed by atoms with Crippen LogP contribution in [-0.2, 0) is 4.79 Å². The number of thioether (sulfide) groups is 1. The van der Waals surface area contributed by atoms with Gasteiger partial charge in [-0.1, -0.05) is 31.0 Å². The van der Waals surface area contributed by atoms with Crippen molar-refractivity contribution in [3.8, 4) is 11.3 Å². The summed E-state index contributed by atoms with van der Waals surface area (Å²) in [5.74, 6) is 1.29. The molecule has 2 amide bonds. The van der Waals surface area contributed by atoms with E-state index in [1.807, 2.05) is 24.3 Å². The lowest BCUT2D eigenvalue weighted by Crippen LogP contribution is -2.17. The Morgan fingerprint density at radius 1 is 1.27 bits per heavy atom. The molecule has 2 heterocycles. The van der Waals surface area contributed by atoms with Crippen molar-refractivity contribution >= 4 is 34.8 Å². The lowest BCUT2D eigenvalue weighted by Gasteiger charge is -2.07. The molecule has 0 bridgehead atoms. The van der Waals surface area contributed by atoms with Crippen LogP contribution in [0, 0.1) is 5.92 Å². The number of rotatable bonds is 6. The highest BCUT2D eigenvalue weighted by Crippen LogP contribution is 2.32. The lowest BCUT2D eigenvalue weighted by atomic mass is 10.1. The van der Waals surface area contributed by atoms with Crippen LogP contribution in [0.3, 0.4) is 0 Å². The van der Waals surface area contributed by atoms with Crippen LogP contribution in [0.5, 0.6) is 0 Å². The van der Waals surface area contributed by atoms with Gasteiger partial charge >= 0.3 is 0 Å². The summed E-state index contributed by atoms with van der Waals surface area (Å²) >= 11 is 0.913. The molecular formula is C19H18N4O2S. The van der Waals surface area contributed by atoms with Gasteiger partial charge in [-0.3, -0.25) is 19.9 Å². The number of nitrogens with one attached hydrogen (secondary N) is 2. The van der Waals surface area contributed by atoms with E-state index in [-0.39, 0.29) is 11.1 Å². The first kappa shape index (κ1) is 16.8. The standard InChI is InChI=1S/C19H18N4O2S/c24-18-16(26-19(25)23-18)9-13-2-1-3-14(8-13)15-10-20-11-17(22-15)21-7-6-12-4-5-12/h1-3,8-12H,4-7H2,(H,21,22)(H,23,24,25)/b16-9+. The molecule has 1 aliphatic carbocycles. The van der Waals surface area contributed by atoms with Crippen molar-refractivity contribution in [1.29, 1.82) is 0 Å². The van der Waals surface area contributed by atoms with E-state index in [1.165, 1.54) is 19.3 Å². The first-order valence-corrected chi connectivity index (χ1v) is 9.40. The molecule has 1 aliphatic heterocycles. The SMILES string of the molecule is O=C1NC(=O)/C(=C\c2cccc(-c3cncc(NCCC4CC4)n3)c2)S1. The van der Waals surface area contributed by atoms with Crippen LogP contribution in [-0.4, -0.2) is 27.7 Å². The van der Waals surface area contributed by atoms with E-state index in [9.17, 15) is 9.59 Å². The first-order valence-electron chi connectivity index (χ1n) is 8.58. The molecular weight excluding hydrogens is 348 g/mol. The number of hydrogen-bond acceptors (Lipinski definition) is 6. The Morgan fingerprint density at radius 2 is 2.15 bits per heavy atom. The molecule has 4 rings (SSSR count). The summed E-state index contributed by atoms with van der Waals surface area (Å²) in [7, 11) is 0. The molecule has 132 valence electrons. The Balaban J connectivity index is 1.51. The van der Waals surface area contributed by atoms with E-state index in [0.29, 0.717) is 4.91 Å². The van der Waals surface area contributed by atoms with Crippen LogP contribution in [0.15, 0.2) is 41.6 Å². The Hall–Kier alpha value is -2.67. The summed E-state index contributed by atoms with van der Waals surface area (Å²) in [6.45, 7) is 0.912. The third-order valence-corrected chi connectivity index (χ3v) is 5.12. The minimum atomic E-state index is -0.355. The molecule has 6 nitrogen and oxygen atoms in total. The maximum Gasteiger partial charge on any atom is 0.290 e. The van der Waals surface area contributed by atoms with E-state index in [0.717, 1.165) is 46.9 Å². The quantitative estimate of drug-likeness (QED) is 0.759. The molecule has 2 N–H and O–H groups in total. The van der Waals surface area contributed by atoms with Crippen molar-refractivity contribution in [2.75, 3.05) is 11.9 Å². The fourth-order valence-electron chi connectivity index (χ4n) is 2.76. The van der Waals surface area contributed by atoms with Crippen molar-refractivity contribution in [1.82, 2.24) is 15.3 Å². The molecule has 1 saturated carbocycles. The van der Waals surface area contributed by atoms with Crippen molar-refractivity contribution in [2.45, 2.75) is 19.3 Å². The zero-order valence-corrected chi connectivity index (χ0v) is 14.9. The second-order valence-corrected chi connectivity index (χ2v) is 7.44. The second-order valence-electron chi connectivity index (χ2n) is 6.43. The molecule has 2 aliphatic rings. The normalized spacial score (nSPS) is 18.2. The Bertz CT molecular complexity index is 893. The van der Waals surface area contributed by atoms with E-state index in [4.69, 9.17) is 0 Å². The van der Waals surface area contributed by atoms with E-state index in [1.54, 1.807) is 18.5 Å². The Kier molecular flexibility index (Phi) is 4.71. The van der Waals surface area contributed by atoms with Crippen molar-refractivity contribution < 1.29 is 9.59 Å². The average molecular weight is 366 g/mol. The largest absolute Gasteiger partial charge is 0.369 e. The molecule has 0 spiro atoms. The van der Waals surface area contributed by atoms with Gasteiger partial charge in [0.05, 0.1) is 23.0 Å². The van der Waals surface area contributed by atoms with Gasteiger partial charge in [0, 0.05) is 12.1 Å². The highest BCUT2D eigenvalue weighted by Gasteiger charge is 2.25. The van der Waals surface area contributed by atoms with Gasteiger partial charge in [0.15, 0.2) is 0 Å². The summed E-state index contributed by atoms with van der Waals surface area (Å²) in [5.41, 5.74) is 2.51. The van der Waals surface area contributed by atoms with Crippen LogP contribution in [0.4, 0.5) is 10.6 Å². The lowest BCUT2D eigenvalue weighted by molar-refractivity contribution is -0.115. The highest BCUT2D eigenvalue weighted by molar-refractivity contribution is 8.18. The first-order chi connectivity index (χ1) is 12.7. The summed E-state index contributed by atoms with van der Waals surface area (Å²) in [4.78, 5) is 32.3. The van der Waals surface area contributed by atoms with Crippen LogP contribution >= 0.6 is 11.8 Å². The molecule has 0 radical (unpaired) electrons. The zero-order valence-electron chi connectivity index (χ0n) is 14.1. The van der Waals surface area contributed by atoms with Gasteiger partial charge < -0.3 is 5.32 Å². The van der Waals surface area contributed by atoms with Gasteiger partial charge in [-0.15, -0.1) is 0 Å². The number of nitrogens with zero attached hydrogens (tertiary/aromatic N) is 2. The topological polar surface area (TPSA) is 84.0 Å². The number of benzene rings is 1. The number of carbonyl (C=O) groups is 2. The second kappa shape index (κ2) is 7.29. The fourth-order valence-corrected chi connectivity index (χ4v) is 3.44.